The maximum atomic E-state index is 4.40. The molecule has 2 rings (SSSR count). The molecule has 0 aliphatic heterocycles. The van der Waals surface area contributed by atoms with Gasteiger partial charge in [-0.2, -0.15) is 0 Å². The SMILES string of the molecule is CCNC(CC1CC1)c1ncc(C)cn1. The minimum absolute atomic E-state index is 0.350. The number of hydrogen-bond acceptors (Lipinski definition) is 3. The summed E-state index contributed by atoms with van der Waals surface area (Å²) in [7, 11) is 0. The van der Waals surface area contributed by atoms with Gasteiger partial charge >= 0.3 is 0 Å². The second kappa shape index (κ2) is 4.71. The van der Waals surface area contributed by atoms with Gasteiger partial charge in [0, 0.05) is 12.4 Å². The van der Waals surface area contributed by atoms with Gasteiger partial charge in [0.2, 0.25) is 0 Å². The average molecular weight is 205 g/mol. The van der Waals surface area contributed by atoms with E-state index in [1.54, 1.807) is 0 Å². The van der Waals surface area contributed by atoms with Crippen LogP contribution in [0.25, 0.3) is 0 Å². The summed E-state index contributed by atoms with van der Waals surface area (Å²) in [6.45, 7) is 5.13. The average Bonchev–Trinajstić information content (AvgIpc) is 3.02. The van der Waals surface area contributed by atoms with Crippen LogP contribution in [0.15, 0.2) is 12.4 Å². The third-order valence-corrected chi connectivity index (χ3v) is 2.83. The van der Waals surface area contributed by atoms with Crippen LogP contribution in [0.1, 0.15) is 43.6 Å². The summed E-state index contributed by atoms with van der Waals surface area (Å²) in [5, 5.41) is 3.46. The second-order valence-corrected chi connectivity index (χ2v) is 4.41. The molecule has 1 saturated carbocycles. The maximum absolute atomic E-state index is 4.40. The highest BCUT2D eigenvalue weighted by molar-refractivity contribution is 5.05. The normalized spacial score (nSPS) is 17.7. The Morgan fingerprint density at radius 2 is 2.07 bits per heavy atom. The third-order valence-electron chi connectivity index (χ3n) is 2.83. The van der Waals surface area contributed by atoms with Gasteiger partial charge in [-0.15, -0.1) is 0 Å². The third kappa shape index (κ3) is 2.99. The fourth-order valence-corrected chi connectivity index (χ4v) is 1.80. The van der Waals surface area contributed by atoms with Gasteiger partial charge in [-0.25, -0.2) is 9.97 Å². The number of rotatable bonds is 5. The van der Waals surface area contributed by atoms with Crippen LogP contribution in [0.4, 0.5) is 0 Å². The summed E-state index contributed by atoms with van der Waals surface area (Å²) in [6.07, 6.45) is 7.76. The molecular weight excluding hydrogens is 186 g/mol. The van der Waals surface area contributed by atoms with Crippen LogP contribution in [-0.4, -0.2) is 16.5 Å². The van der Waals surface area contributed by atoms with E-state index < -0.39 is 0 Å². The van der Waals surface area contributed by atoms with Crippen LogP contribution in [0.3, 0.4) is 0 Å². The number of aromatic nitrogens is 2. The Morgan fingerprint density at radius 3 is 2.60 bits per heavy atom. The first-order chi connectivity index (χ1) is 7.29. The quantitative estimate of drug-likeness (QED) is 0.801. The highest BCUT2D eigenvalue weighted by atomic mass is 15.0. The van der Waals surface area contributed by atoms with Gasteiger partial charge in [0.05, 0.1) is 6.04 Å². The van der Waals surface area contributed by atoms with Crippen molar-refractivity contribution < 1.29 is 0 Å². The van der Waals surface area contributed by atoms with Crippen molar-refractivity contribution in [2.75, 3.05) is 6.54 Å². The number of nitrogens with zero attached hydrogens (tertiary/aromatic N) is 2. The van der Waals surface area contributed by atoms with Gasteiger partial charge in [0.15, 0.2) is 0 Å². The van der Waals surface area contributed by atoms with Gasteiger partial charge in [0.1, 0.15) is 5.82 Å². The Labute approximate surface area is 91.3 Å². The fourth-order valence-electron chi connectivity index (χ4n) is 1.80. The summed E-state index contributed by atoms with van der Waals surface area (Å²) in [4.78, 5) is 8.81. The zero-order valence-electron chi connectivity index (χ0n) is 9.53. The standard InChI is InChI=1S/C12H19N3/c1-3-13-11(6-10-4-5-10)12-14-7-9(2)8-15-12/h7-8,10-11,13H,3-6H2,1-2H3. The number of aryl methyl sites for hydroxylation is 1. The van der Waals surface area contributed by atoms with Gasteiger partial charge in [0.25, 0.3) is 0 Å². The molecule has 1 heterocycles. The molecule has 1 N–H and O–H groups in total. The van der Waals surface area contributed by atoms with Crippen molar-refractivity contribution in [3.8, 4) is 0 Å². The predicted molar refractivity (Wildman–Crippen MR) is 60.5 cm³/mol. The van der Waals surface area contributed by atoms with E-state index in [1.165, 1.54) is 19.3 Å². The summed E-state index contributed by atoms with van der Waals surface area (Å²) in [5.74, 6) is 1.85. The fraction of sp³-hybridized carbons (Fsp3) is 0.667. The lowest BCUT2D eigenvalue weighted by atomic mass is 10.1. The molecule has 1 unspecified atom stereocenters. The van der Waals surface area contributed by atoms with E-state index in [1.807, 2.05) is 19.3 Å². The molecule has 3 heteroatoms. The van der Waals surface area contributed by atoms with Crippen LogP contribution < -0.4 is 5.32 Å². The molecule has 0 radical (unpaired) electrons. The van der Waals surface area contributed by atoms with E-state index in [0.29, 0.717) is 6.04 Å². The summed E-state index contributed by atoms with van der Waals surface area (Å²) < 4.78 is 0. The lowest BCUT2D eigenvalue weighted by Gasteiger charge is -2.15. The second-order valence-electron chi connectivity index (χ2n) is 4.41. The first-order valence-corrected chi connectivity index (χ1v) is 5.81. The topological polar surface area (TPSA) is 37.8 Å². The summed E-state index contributed by atoms with van der Waals surface area (Å²) in [6, 6.07) is 0.350. The molecule has 1 aliphatic rings. The molecule has 3 nitrogen and oxygen atoms in total. The summed E-state index contributed by atoms with van der Waals surface area (Å²) >= 11 is 0. The molecule has 0 spiro atoms. The van der Waals surface area contributed by atoms with Gasteiger partial charge < -0.3 is 5.32 Å². The van der Waals surface area contributed by atoms with Crippen molar-refractivity contribution >= 4 is 0 Å². The van der Waals surface area contributed by atoms with E-state index in [4.69, 9.17) is 0 Å². The molecule has 1 aromatic heterocycles. The van der Waals surface area contributed by atoms with E-state index >= 15 is 0 Å². The molecule has 15 heavy (non-hydrogen) atoms. The minimum Gasteiger partial charge on any atom is -0.308 e. The number of nitrogens with one attached hydrogen (secondary N) is 1. The zero-order valence-corrected chi connectivity index (χ0v) is 9.53. The van der Waals surface area contributed by atoms with E-state index in [-0.39, 0.29) is 0 Å². The molecule has 82 valence electrons. The lowest BCUT2D eigenvalue weighted by Crippen LogP contribution is -2.23. The molecule has 1 fully saturated rings. The Morgan fingerprint density at radius 1 is 1.40 bits per heavy atom. The Kier molecular flexibility index (Phi) is 3.31. The molecule has 1 atom stereocenters. The Balaban J connectivity index is 2.04. The van der Waals surface area contributed by atoms with Crippen molar-refractivity contribution in [3.05, 3.63) is 23.8 Å². The van der Waals surface area contributed by atoms with Crippen LogP contribution in [0.5, 0.6) is 0 Å². The van der Waals surface area contributed by atoms with Crippen LogP contribution in [0, 0.1) is 12.8 Å². The molecule has 0 amide bonds. The minimum atomic E-state index is 0.350. The zero-order chi connectivity index (χ0) is 10.7. The van der Waals surface area contributed by atoms with Crippen molar-refractivity contribution in [2.45, 2.75) is 39.2 Å². The van der Waals surface area contributed by atoms with Crippen LogP contribution >= 0.6 is 0 Å². The van der Waals surface area contributed by atoms with Crippen molar-refractivity contribution in [3.63, 3.8) is 0 Å². The Hall–Kier alpha value is -0.960. The van der Waals surface area contributed by atoms with Crippen LogP contribution in [0.2, 0.25) is 0 Å². The first-order valence-electron chi connectivity index (χ1n) is 5.81. The van der Waals surface area contributed by atoms with E-state index in [2.05, 4.69) is 22.2 Å². The van der Waals surface area contributed by atoms with E-state index in [0.717, 1.165) is 23.9 Å². The summed E-state index contributed by atoms with van der Waals surface area (Å²) in [5.41, 5.74) is 1.13. The molecule has 0 saturated heterocycles. The molecule has 1 aliphatic carbocycles. The molecule has 0 aromatic carbocycles. The monoisotopic (exact) mass is 205 g/mol. The lowest BCUT2D eigenvalue weighted by molar-refractivity contribution is 0.464. The van der Waals surface area contributed by atoms with Crippen molar-refractivity contribution in [1.29, 1.82) is 0 Å². The van der Waals surface area contributed by atoms with Gasteiger partial charge in [-0.3, -0.25) is 0 Å². The highest BCUT2D eigenvalue weighted by Crippen LogP contribution is 2.36. The van der Waals surface area contributed by atoms with Gasteiger partial charge in [-0.1, -0.05) is 19.8 Å². The van der Waals surface area contributed by atoms with E-state index in [9.17, 15) is 0 Å². The Bertz CT molecular complexity index is 303. The largest absolute Gasteiger partial charge is 0.308 e. The smallest absolute Gasteiger partial charge is 0.145 e. The predicted octanol–water partition coefficient (Wildman–Crippen LogP) is 2.24. The first kappa shape index (κ1) is 10.6. The van der Waals surface area contributed by atoms with Crippen molar-refractivity contribution in [2.24, 2.45) is 5.92 Å². The maximum Gasteiger partial charge on any atom is 0.145 e. The molecular formula is C12H19N3. The number of hydrogen-bond donors (Lipinski definition) is 1. The molecule has 0 bridgehead atoms. The van der Waals surface area contributed by atoms with Gasteiger partial charge in [-0.05, 0) is 31.4 Å². The van der Waals surface area contributed by atoms with Crippen LogP contribution in [-0.2, 0) is 0 Å². The molecule has 1 aromatic rings. The highest BCUT2D eigenvalue weighted by Gasteiger charge is 2.26. The van der Waals surface area contributed by atoms with Crippen molar-refractivity contribution in [1.82, 2.24) is 15.3 Å².